The highest BCUT2D eigenvalue weighted by Gasteiger charge is 2.15. The first-order valence-corrected chi connectivity index (χ1v) is 8.16. The average molecular weight is 327 g/mol. The Labute approximate surface area is 136 Å². The van der Waals surface area contributed by atoms with Gasteiger partial charge in [-0.05, 0) is 12.5 Å². The topological polar surface area (TPSA) is 72.2 Å². The summed E-state index contributed by atoms with van der Waals surface area (Å²) in [5.74, 6) is -0.361. The molecule has 0 radical (unpaired) electrons. The Bertz CT molecular complexity index is 506. The van der Waals surface area contributed by atoms with Gasteiger partial charge in [0.15, 0.2) is 0 Å². The molecule has 6 heteroatoms. The largest absolute Gasteiger partial charge is 0.352 e. The van der Waals surface area contributed by atoms with Crippen LogP contribution in [0.25, 0.3) is 0 Å². The van der Waals surface area contributed by atoms with E-state index in [2.05, 4.69) is 12.2 Å². The van der Waals surface area contributed by atoms with E-state index >= 15 is 0 Å². The number of amides is 1. The van der Waals surface area contributed by atoms with Crippen LogP contribution >= 0.6 is 11.6 Å². The van der Waals surface area contributed by atoms with E-state index in [-0.39, 0.29) is 22.2 Å². The molecular formula is C16H23ClN2O3. The molecule has 0 aliphatic heterocycles. The molecule has 0 bridgehead atoms. The maximum Gasteiger partial charge on any atom is 0.270 e. The molecule has 22 heavy (non-hydrogen) atoms. The highest BCUT2D eigenvalue weighted by Crippen LogP contribution is 2.21. The van der Waals surface area contributed by atoms with Crippen LogP contribution in [0, 0.1) is 10.1 Å². The van der Waals surface area contributed by atoms with Gasteiger partial charge in [-0.2, -0.15) is 0 Å². The molecule has 1 rings (SSSR count). The lowest BCUT2D eigenvalue weighted by atomic mass is 10.1. The molecule has 0 aromatic heterocycles. The first-order chi connectivity index (χ1) is 10.6. The fraction of sp³-hybridized carbons (Fsp3) is 0.562. The van der Waals surface area contributed by atoms with Crippen LogP contribution in [0.15, 0.2) is 18.2 Å². The van der Waals surface area contributed by atoms with Crippen LogP contribution in [-0.2, 0) is 0 Å². The van der Waals surface area contributed by atoms with Crippen LogP contribution in [-0.4, -0.2) is 17.4 Å². The molecule has 0 fully saturated rings. The molecule has 0 heterocycles. The van der Waals surface area contributed by atoms with Crippen molar-refractivity contribution in [2.45, 2.75) is 51.9 Å². The maximum atomic E-state index is 12.0. The van der Waals surface area contributed by atoms with Crippen molar-refractivity contribution in [3.63, 3.8) is 0 Å². The summed E-state index contributed by atoms with van der Waals surface area (Å²) in [6.45, 7) is 2.75. The van der Waals surface area contributed by atoms with Crippen LogP contribution in [0.5, 0.6) is 0 Å². The van der Waals surface area contributed by atoms with E-state index in [1.165, 1.54) is 50.3 Å². The predicted molar refractivity (Wildman–Crippen MR) is 88.4 cm³/mol. The highest BCUT2D eigenvalue weighted by atomic mass is 35.5. The zero-order valence-corrected chi connectivity index (χ0v) is 13.7. The summed E-state index contributed by atoms with van der Waals surface area (Å²) in [7, 11) is 0. The number of unbranched alkanes of at least 4 members (excludes halogenated alkanes) is 6. The summed E-state index contributed by atoms with van der Waals surface area (Å²) in [6, 6.07) is 3.88. The van der Waals surface area contributed by atoms with E-state index in [9.17, 15) is 14.9 Å². The van der Waals surface area contributed by atoms with E-state index in [1.54, 1.807) is 0 Å². The van der Waals surface area contributed by atoms with Gasteiger partial charge in [-0.25, -0.2) is 0 Å². The van der Waals surface area contributed by atoms with Gasteiger partial charge in [-0.3, -0.25) is 14.9 Å². The lowest BCUT2D eigenvalue weighted by Gasteiger charge is -2.07. The third-order valence-corrected chi connectivity index (χ3v) is 3.80. The highest BCUT2D eigenvalue weighted by molar-refractivity contribution is 6.33. The quantitative estimate of drug-likeness (QED) is 0.384. The fourth-order valence-electron chi connectivity index (χ4n) is 2.18. The van der Waals surface area contributed by atoms with Crippen molar-refractivity contribution in [2.75, 3.05) is 6.54 Å². The van der Waals surface area contributed by atoms with Gasteiger partial charge in [0, 0.05) is 18.7 Å². The number of nitrogens with one attached hydrogen (secondary N) is 1. The number of nitro groups is 1. The van der Waals surface area contributed by atoms with Gasteiger partial charge < -0.3 is 5.32 Å². The maximum absolute atomic E-state index is 12.0. The van der Waals surface area contributed by atoms with Crippen molar-refractivity contribution in [1.82, 2.24) is 5.32 Å². The second-order valence-corrected chi connectivity index (χ2v) is 5.71. The van der Waals surface area contributed by atoms with Crippen LogP contribution in [0.1, 0.15) is 62.2 Å². The number of nitro benzene ring substituents is 1. The number of carbonyl (C=O) groups excluding carboxylic acids is 1. The molecule has 122 valence electrons. The van der Waals surface area contributed by atoms with E-state index in [1.807, 2.05) is 0 Å². The van der Waals surface area contributed by atoms with Crippen molar-refractivity contribution in [1.29, 1.82) is 0 Å². The molecule has 0 unspecified atom stereocenters. The lowest BCUT2D eigenvalue weighted by molar-refractivity contribution is -0.384. The minimum absolute atomic E-state index is 0.134. The molecule has 0 spiro atoms. The molecule has 5 nitrogen and oxygen atoms in total. The van der Waals surface area contributed by atoms with Crippen LogP contribution < -0.4 is 5.32 Å². The minimum atomic E-state index is -0.538. The average Bonchev–Trinajstić information content (AvgIpc) is 2.50. The van der Waals surface area contributed by atoms with Gasteiger partial charge in [0.25, 0.3) is 11.6 Å². The van der Waals surface area contributed by atoms with Gasteiger partial charge >= 0.3 is 0 Å². The number of hydrogen-bond donors (Lipinski definition) is 1. The van der Waals surface area contributed by atoms with Crippen molar-refractivity contribution < 1.29 is 9.72 Å². The van der Waals surface area contributed by atoms with E-state index in [4.69, 9.17) is 11.6 Å². The van der Waals surface area contributed by atoms with Gasteiger partial charge in [0.1, 0.15) is 0 Å². The fourth-order valence-corrected chi connectivity index (χ4v) is 2.38. The van der Waals surface area contributed by atoms with Gasteiger partial charge in [0.2, 0.25) is 0 Å². The molecule has 0 saturated carbocycles. The smallest absolute Gasteiger partial charge is 0.270 e. The Balaban J connectivity index is 2.33. The number of rotatable bonds is 10. The molecule has 0 atom stereocenters. The lowest BCUT2D eigenvalue weighted by Crippen LogP contribution is -2.24. The molecule has 0 aliphatic rings. The number of carbonyl (C=O) groups is 1. The standard InChI is InChI=1S/C16H23ClN2O3/c1-2-3-4-5-6-7-8-11-18-16(20)14-12-13(19(21)22)9-10-15(14)17/h9-10,12H,2-8,11H2,1H3,(H,18,20). The normalized spacial score (nSPS) is 10.5. The summed E-state index contributed by atoms with van der Waals surface area (Å²) in [5.41, 5.74) is 0.0179. The van der Waals surface area contributed by atoms with Gasteiger partial charge in [-0.15, -0.1) is 0 Å². The second-order valence-electron chi connectivity index (χ2n) is 5.30. The van der Waals surface area contributed by atoms with E-state index in [0.717, 1.165) is 12.8 Å². The van der Waals surface area contributed by atoms with Gasteiger partial charge in [0.05, 0.1) is 15.5 Å². The zero-order chi connectivity index (χ0) is 16.4. The van der Waals surface area contributed by atoms with Crippen LogP contribution in [0.4, 0.5) is 5.69 Å². The number of non-ortho nitro benzene ring substituents is 1. The Morgan fingerprint density at radius 1 is 1.18 bits per heavy atom. The predicted octanol–water partition coefficient (Wildman–Crippen LogP) is 4.73. The molecule has 1 amide bonds. The van der Waals surface area contributed by atoms with E-state index < -0.39 is 4.92 Å². The summed E-state index contributed by atoms with van der Waals surface area (Å²) in [4.78, 5) is 22.2. The number of nitrogens with zero attached hydrogens (tertiary/aromatic N) is 1. The summed E-state index contributed by atoms with van der Waals surface area (Å²) in [6.07, 6.45) is 8.18. The van der Waals surface area contributed by atoms with Crippen molar-refractivity contribution >= 4 is 23.2 Å². The Morgan fingerprint density at radius 3 is 2.45 bits per heavy atom. The Morgan fingerprint density at radius 2 is 1.82 bits per heavy atom. The summed E-state index contributed by atoms with van der Waals surface area (Å²) >= 11 is 5.92. The third-order valence-electron chi connectivity index (χ3n) is 3.47. The van der Waals surface area contributed by atoms with Crippen molar-refractivity contribution in [3.05, 3.63) is 38.9 Å². The Hall–Kier alpha value is -1.62. The Kier molecular flexibility index (Phi) is 8.51. The second kappa shape index (κ2) is 10.2. The molecule has 1 aromatic rings. The first kappa shape index (κ1) is 18.4. The number of halogens is 1. The van der Waals surface area contributed by atoms with E-state index in [0.29, 0.717) is 6.54 Å². The van der Waals surface area contributed by atoms with Gasteiger partial charge in [-0.1, -0.05) is 57.0 Å². The molecule has 1 N–H and O–H groups in total. The molecule has 0 aliphatic carbocycles. The minimum Gasteiger partial charge on any atom is -0.352 e. The SMILES string of the molecule is CCCCCCCCCNC(=O)c1cc([N+](=O)[O-])ccc1Cl. The molecular weight excluding hydrogens is 304 g/mol. The first-order valence-electron chi connectivity index (χ1n) is 7.78. The third kappa shape index (κ3) is 6.43. The zero-order valence-electron chi connectivity index (χ0n) is 12.9. The monoisotopic (exact) mass is 326 g/mol. The summed E-state index contributed by atoms with van der Waals surface area (Å²) < 4.78 is 0. The van der Waals surface area contributed by atoms with Crippen molar-refractivity contribution in [2.24, 2.45) is 0 Å². The number of hydrogen-bond acceptors (Lipinski definition) is 3. The van der Waals surface area contributed by atoms with Crippen molar-refractivity contribution in [3.8, 4) is 0 Å². The molecule has 0 saturated heterocycles. The summed E-state index contributed by atoms with van der Waals surface area (Å²) in [5, 5.41) is 13.7. The molecule has 1 aromatic carbocycles. The van der Waals surface area contributed by atoms with Crippen LogP contribution in [0.3, 0.4) is 0 Å². The number of benzene rings is 1. The van der Waals surface area contributed by atoms with Crippen LogP contribution in [0.2, 0.25) is 5.02 Å².